The molecule has 1 radical (unpaired) electrons. The molecule has 0 bridgehead atoms. The summed E-state index contributed by atoms with van der Waals surface area (Å²) in [7, 11) is 0. The monoisotopic (exact) mass is 158 g/mol. The Hall–Kier alpha value is -1.24. The molecule has 1 heterocycles. The molecule has 0 atom stereocenters. The van der Waals surface area contributed by atoms with Crippen molar-refractivity contribution in [3.63, 3.8) is 0 Å². The van der Waals surface area contributed by atoms with Crippen LogP contribution in [0.25, 0.3) is 10.9 Å². The van der Waals surface area contributed by atoms with E-state index in [1.54, 1.807) is 0 Å². The van der Waals surface area contributed by atoms with Gasteiger partial charge in [-0.1, -0.05) is 19.1 Å². The molecular weight excluding hydrogens is 146 g/mol. The van der Waals surface area contributed by atoms with E-state index in [1.165, 1.54) is 22.2 Å². The Bertz CT molecular complexity index is 398. The molecule has 1 N–H and O–H groups in total. The number of nitrogens with one attached hydrogen (secondary N) is 1. The summed E-state index contributed by atoms with van der Waals surface area (Å²) in [6.07, 6.45) is 1.02. The minimum absolute atomic E-state index is 1.02. The van der Waals surface area contributed by atoms with E-state index in [9.17, 15) is 0 Å². The Kier molecular flexibility index (Phi) is 1.65. The maximum atomic E-state index is 3.33. The van der Waals surface area contributed by atoms with Crippen LogP contribution < -0.4 is 0 Å². The minimum atomic E-state index is 1.02. The highest BCUT2D eigenvalue weighted by Crippen LogP contribution is 2.15. The molecule has 1 heteroatoms. The molecular formula is C11H12N. The summed E-state index contributed by atoms with van der Waals surface area (Å²) < 4.78 is 0. The SMILES string of the molecule is CCc1[c]c2ccc(C)cc2[nH]1. The zero-order valence-corrected chi connectivity index (χ0v) is 7.44. The highest BCUT2D eigenvalue weighted by Gasteiger charge is 1.98. The number of rotatable bonds is 1. The molecule has 1 aromatic heterocycles. The number of H-pyrrole nitrogens is 1. The van der Waals surface area contributed by atoms with Gasteiger partial charge in [0.1, 0.15) is 0 Å². The highest BCUT2D eigenvalue weighted by molar-refractivity contribution is 5.80. The van der Waals surface area contributed by atoms with Crippen LogP contribution in [-0.4, -0.2) is 4.98 Å². The first-order valence-corrected chi connectivity index (χ1v) is 4.30. The van der Waals surface area contributed by atoms with Crippen LogP contribution >= 0.6 is 0 Å². The number of hydrogen-bond donors (Lipinski definition) is 1. The molecule has 61 valence electrons. The average Bonchev–Trinajstić information content (AvgIpc) is 2.46. The highest BCUT2D eigenvalue weighted by atomic mass is 14.7. The third-order valence-electron chi connectivity index (χ3n) is 2.10. The molecule has 0 fully saturated rings. The van der Waals surface area contributed by atoms with Crippen LogP contribution in [0.5, 0.6) is 0 Å². The van der Waals surface area contributed by atoms with Crippen LogP contribution in [0.1, 0.15) is 18.2 Å². The summed E-state index contributed by atoms with van der Waals surface area (Å²) in [6, 6.07) is 9.70. The van der Waals surface area contributed by atoms with Gasteiger partial charge in [-0.25, -0.2) is 0 Å². The van der Waals surface area contributed by atoms with Crippen molar-refractivity contribution in [1.82, 2.24) is 4.98 Å². The Morgan fingerprint density at radius 3 is 3.00 bits per heavy atom. The van der Waals surface area contributed by atoms with Gasteiger partial charge in [0.25, 0.3) is 0 Å². The fourth-order valence-electron chi connectivity index (χ4n) is 1.40. The van der Waals surface area contributed by atoms with Crippen LogP contribution in [0.3, 0.4) is 0 Å². The summed E-state index contributed by atoms with van der Waals surface area (Å²) in [5.41, 5.74) is 3.68. The molecule has 0 saturated heterocycles. The summed E-state index contributed by atoms with van der Waals surface area (Å²) in [5.74, 6) is 0. The topological polar surface area (TPSA) is 15.8 Å². The number of fused-ring (bicyclic) bond motifs is 1. The predicted octanol–water partition coefficient (Wildman–Crippen LogP) is 2.84. The van der Waals surface area contributed by atoms with Crippen LogP contribution in [0, 0.1) is 13.0 Å². The van der Waals surface area contributed by atoms with E-state index in [0.717, 1.165) is 6.42 Å². The van der Waals surface area contributed by atoms with Gasteiger partial charge in [0.05, 0.1) is 0 Å². The van der Waals surface area contributed by atoms with E-state index >= 15 is 0 Å². The number of aromatic amines is 1. The number of benzene rings is 1. The largest absolute Gasteiger partial charge is 0.358 e. The summed E-state index contributed by atoms with van der Waals surface area (Å²) in [6.45, 7) is 4.24. The van der Waals surface area contributed by atoms with Crippen LogP contribution in [0.15, 0.2) is 18.2 Å². The molecule has 0 aliphatic carbocycles. The number of aromatic nitrogens is 1. The van der Waals surface area contributed by atoms with Gasteiger partial charge in [-0.3, -0.25) is 0 Å². The lowest BCUT2D eigenvalue weighted by molar-refractivity contribution is 1.07. The standard InChI is InChI=1S/C11H12N/c1-3-10-7-9-5-4-8(2)6-11(9)12-10/h4-6,12H,3H2,1-2H3. The lowest BCUT2D eigenvalue weighted by Crippen LogP contribution is -1.76. The molecule has 0 aliphatic heterocycles. The van der Waals surface area contributed by atoms with E-state index in [-0.39, 0.29) is 0 Å². The molecule has 1 nitrogen and oxygen atoms in total. The molecule has 0 amide bonds. The summed E-state index contributed by atoms with van der Waals surface area (Å²) in [4.78, 5) is 3.33. The fourth-order valence-corrected chi connectivity index (χ4v) is 1.40. The second-order valence-electron chi connectivity index (χ2n) is 3.13. The lowest BCUT2D eigenvalue weighted by Gasteiger charge is -1.90. The third-order valence-corrected chi connectivity index (χ3v) is 2.10. The third kappa shape index (κ3) is 1.11. The van der Waals surface area contributed by atoms with Gasteiger partial charge in [-0.2, -0.15) is 0 Å². The van der Waals surface area contributed by atoms with Crippen molar-refractivity contribution in [3.05, 3.63) is 35.5 Å². The molecule has 0 saturated carbocycles. The van der Waals surface area contributed by atoms with Crippen molar-refractivity contribution in [2.24, 2.45) is 0 Å². The van der Waals surface area contributed by atoms with E-state index in [2.05, 4.69) is 43.1 Å². The lowest BCUT2D eigenvalue weighted by atomic mass is 10.2. The minimum Gasteiger partial charge on any atom is -0.358 e. The van der Waals surface area contributed by atoms with Crippen LogP contribution in [0.2, 0.25) is 0 Å². The summed E-state index contributed by atoms with van der Waals surface area (Å²) in [5, 5.41) is 1.19. The second kappa shape index (κ2) is 2.67. The smallest absolute Gasteiger partial charge is 0.0465 e. The first-order valence-electron chi connectivity index (χ1n) is 4.30. The van der Waals surface area contributed by atoms with E-state index < -0.39 is 0 Å². The van der Waals surface area contributed by atoms with Crippen molar-refractivity contribution in [2.75, 3.05) is 0 Å². The second-order valence-corrected chi connectivity index (χ2v) is 3.13. The molecule has 1 aromatic carbocycles. The predicted molar refractivity (Wildman–Crippen MR) is 51.2 cm³/mol. The van der Waals surface area contributed by atoms with Gasteiger partial charge in [0, 0.05) is 22.7 Å². The van der Waals surface area contributed by atoms with Crippen molar-refractivity contribution >= 4 is 10.9 Å². The maximum absolute atomic E-state index is 3.33. The van der Waals surface area contributed by atoms with Gasteiger partial charge < -0.3 is 4.98 Å². The van der Waals surface area contributed by atoms with Crippen molar-refractivity contribution < 1.29 is 0 Å². The quantitative estimate of drug-likeness (QED) is 0.656. The number of aryl methyl sites for hydroxylation is 2. The molecule has 0 unspecified atom stereocenters. The van der Waals surface area contributed by atoms with Crippen LogP contribution in [0.4, 0.5) is 0 Å². The molecule has 0 spiro atoms. The van der Waals surface area contributed by atoms with Crippen molar-refractivity contribution in [2.45, 2.75) is 20.3 Å². The molecule has 2 aromatic rings. The average molecular weight is 158 g/mol. The van der Waals surface area contributed by atoms with E-state index in [0.29, 0.717) is 0 Å². The Labute approximate surface area is 72.4 Å². The van der Waals surface area contributed by atoms with Gasteiger partial charge in [-0.05, 0) is 25.0 Å². The van der Waals surface area contributed by atoms with Gasteiger partial charge in [-0.15, -0.1) is 0 Å². The maximum Gasteiger partial charge on any atom is 0.0465 e. The number of hydrogen-bond acceptors (Lipinski definition) is 0. The van der Waals surface area contributed by atoms with E-state index in [1.807, 2.05) is 0 Å². The normalized spacial score (nSPS) is 10.8. The van der Waals surface area contributed by atoms with Crippen LogP contribution in [-0.2, 0) is 6.42 Å². The van der Waals surface area contributed by atoms with Gasteiger partial charge in [0.2, 0.25) is 0 Å². The Balaban J connectivity index is 2.67. The summed E-state index contributed by atoms with van der Waals surface area (Å²) >= 11 is 0. The molecule has 12 heavy (non-hydrogen) atoms. The Morgan fingerprint density at radius 1 is 1.42 bits per heavy atom. The first kappa shape index (κ1) is 7.41. The molecule has 2 rings (SSSR count). The van der Waals surface area contributed by atoms with Gasteiger partial charge in [0.15, 0.2) is 0 Å². The zero-order chi connectivity index (χ0) is 8.55. The molecule has 0 aliphatic rings. The first-order chi connectivity index (χ1) is 5.79. The van der Waals surface area contributed by atoms with Crippen molar-refractivity contribution in [1.29, 1.82) is 0 Å². The van der Waals surface area contributed by atoms with Gasteiger partial charge >= 0.3 is 0 Å². The van der Waals surface area contributed by atoms with E-state index in [4.69, 9.17) is 0 Å². The fraction of sp³-hybridized carbons (Fsp3) is 0.273. The Morgan fingerprint density at radius 2 is 2.25 bits per heavy atom. The zero-order valence-electron chi connectivity index (χ0n) is 7.44. The van der Waals surface area contributed by atoms with Crippen molar-refractivity contribution in [3.8, 4) is 0 Å².